The number of ether oxygens (including phenoxy) is 1. The van der Waals surface area contributed by atoms with Gasteiger partial charge in [0.2, 0.25) is 0 Å². The Labute approximate surface area is 83.4 Å². The molecular formula is C7H8BrN3O2. The smallest absolute Gasteiger partial charge is 0.328 e. The Balaban J connectivity index is 2.83. The average Bonchev–Trinajstić information content (AvgIpc) is 2.17. The Morgan fingerprint density at radius 2 is 2.31 bits per heavy atom. The largest absolute Gasteiger partial charge is 0.468 e. The van der Waals surface area contributed by atoms with Crippen molar-refractivity contribution in [1.29, 1.82) is 0 Å². The van der Waals surface area contributed by atoms with Gasteiger partial charge < -0.3 is 10.5 Å². The molecule has 70 valence electrons. The first-order valence-electron chi connectivity index (χ1n) is 3.46. The van der Waals surface area contributed by atoms with Crippen molar-refractivity contribution in [1.82, 2.24) is 9.97 Å². The fraction of sp³-hybridized carbons (Fsp3) is 0.286. The molecule has 2 N–H and O–H groups in total. The number of aromatic nitrogens is 2. The van der Waals surface area contributed by atoms with E-state index in [-0.39, 0.29) is 0 Å². The van der Waals surface area contributed by atoms with E-state index in [9.17, 15) is 4.79 Å². The summed E-state index contributed by atoms with van der Waals surface area (Å²) in [6, 6.07) is -0.870. The Morgan fingerprint density at radius 3 is 2.77 bits per heavy atom. The summed E-state index contributed by atoms with van der Waals surface area (Å²) in [4.78, 5) is 18.8. The molecule has 0 amide bonds. The van der Waals surface area contributed by atoms with Crippen molar-refractivity contribution in [3.05, 3.63) is 22.7 Å². The van der Waals surface area contributed by atoms with Crippen molar-refractivity contribution in [2.24, 2.45) is 5.73 Å². The van der Waals surface area contributed by atoms with Crippen molar-refractivity contribution < 1.29 is 9.53 Å². The number of nitrogens with two attached hydrogens (primary N) is 1. The van der Waals surface area contributed by atoms with Gasteiger partial charge in [-0.3, -0.25) is 4.98 Å². The van der Waals surface area contributed by atoms with Gasteiger partial charge in [-0.05, 0) is 15.9 Å². The quantitative estimate of drug-likeness (QED) is 0.764. The lowest BCUT2D eigenvalue weighted by Gasteiger charge is -2.07. The van der Waals surface area contributed by atoms with Crippen molar-refractivity contribution in [3.63, 3.8) is 0 Å². The molecule has 13 heavy (non-hydrogen) atoms. The third kappa shape index (κ3) is 2.46. The molecule has 1 atom stereocenters. The summed E-state index contributed by atoms with van der Waals surface area (Å²) < 4.78 is 5.04. The Kier molecular flexibility index (Phi) is 3.32. The number of methoxy groups -OCH3 is 1. The molecule has 1 aromatic rings. The predicted molar refractivity (Wildman–Crippen MR) is 48.7 cm³/mol. The minimum absolute atomic E-state index is 0.384. The number of halogens is 1. The molecule has 0 saturated carbocycles. The molecule has 6 heteroatoms. The Hall–Kier alpha value is -1.01. The van der Waals surface area contributed by atoms with Gasteiger partial charge in [0.1, 0.15) is 10.6 Å². The molecule has 1 aromatic heterocycles. The molecule has 0 radical (unpaired) electrons. The molecule has 0 aliphatic carbocycles. The van der Waals surface area contributed by atoms with Crippen molar-refractivity contribution in [3.8, 4) is 0 Å². The topological polar surface area (TPSA) is 78.1 Å². The van der Waals surface area contributed by atoms with E-state index < -0.39 is 12.0 Å². The first kappa shape index (κ1) is 10.1. The van der Waals surface area contributed by atoms with Gasteiger partial charge in [-0.25, -0.2) is 9.78 Å². The summed E-state index contributed by atoms with van der Waals surface area (Å²) in [6.07, 6.45) is 2.89. The third-order valence-electron chi connectivity index (χ3n) is 1.41. The zero-order valence-electron chi connectivity index (χ0n) is 6.90. The van der Waals surface area contributed by atoms with Crippen LogP contribution in [0.3, 0.4) is 0 Å². The van der Waals surface area contributed by atoms with E-state index in [2.05, 4.69) is 30.6 Å². The molecule has 1 heterocycles. The number of esters is 1. The molecule has 0 bridgehead atoms. The van der Waals surface area contributed by atoms with Crippen LogP contribution in [0, 0.1) is 0 Å². The normalized spacial score (nSPS) is 12.2. The fourth-order valence-corrected chi connectivity index (χ4v) is 0.935. The van der Waals surface area contributed by atoms with E-state index >= 15 is 0 Å². The van der Waals surface area contributed by atoms with Crippen LogP contribution in [0.2, 0.25) is 0 Å². The van der Waals surface area contributed by atoms with Crippen LogP contribution in [0.1, 0.15) is 11.7 Å². The maximum Gasteiger partial charge on any atom is 0.328 e. The van der Waals surface area contributed by atoms with Crippen LogP contribution >= 0.6 is 15.9 Å². The molecule has 0 aromatic carbocycles. The van der Waals surface area contributed by atoms with Gasteiger partial charge in [0.05, 0.1) is 25.2 Å². The number of carbonyl (C=O) groups excluding carboxylic acids is 1. The summed E-state index contributed by atoms with van der Waals surface area (Å²) in [7, 11) is 1.27. The summed E-state index contributed by atoms with van der Waals surface area (Å²) in [5, 5.41) is 0. The predicted octanol–water partition coefficient (Wildman–Crippen LogP) is 0.412. The summed E-state index contributed by atoms with van der Waals surface area (Å²) in [5.41, 5.74) is 5.89. The third-order valence-corrected chi connectivity index (χ3v) is 1.82. The van der Waals surface area contributed by atoms with Crippen LogP contribution in [0.25, 0.3) is 0 Å². The fourth-order valence-electron chi connectivity index (χ4n) is 0.731. The van der Waals surface area contributed by atoms with E-state index in [1.54, 1.807) is 0 Å². The number of carbonyl (C=O) groups is 1. The van der Waals surface area contributed by atoms with E-state index in [1.165, 1.54) is 19.5 Å². The molecule has 0 fully saturated rings. The maximum atomic E-state index is 11.0. The van der Waals surface area contributed by atoms with Crippen LogP contribution in [0.4, 0.5) is 0 Å². The van der Waals surface area contributed by atoms with Crippen LogP contribution in [-0.2, 0) is 9.53 Å². The van der Waals surface area contributed by atoms with Crippen LogP contribution in [-0.4, -0.2) is 23.0 Å². The maximum absolute atomic E-state index is 11.0. The van der Waals surface area contributed by atoms with Gasteiger partial charge in [-0.1, -0.05) is 0 Å². The number of rotatable bonds is 2. The first-order valence-corrected chi connectivity index (χ1v) is 4.25. The van der Waals surface area contributed by atoms with Crippen molar-refractivity contribution in [2.75, 3.05) is 7.11 Å². The van der Waals surface area contributed by atoms with Gasteiger partial charge in [0.25, 0.3) is 0 Å². The van der Waals surface area contributed by atoms with E-state index in [1.807, 2.05) is 0 Å². The minimum Gasteiger partial charge on any atom is -0.468 e. The summed E-state index contributed by atoms with van der Waals surface area (Å²) in [5.74, 6) is -0.531. The highest BCUT2D eigenvalue weighted by Crippen LogP contribution is 2.09. The lowest BCUT2D eigenvalue weighted by Crippen LogP contribution is -2.23. The molecule has 5 nitrogen and oxygen atoms in total. The molecule has 0 aliphatic heterocycles. The molecule has 0 spiro atoms. The zero-order chi connectivity index (χ0) is 9.84. The van der Waals surface area contributed by atoms with Gasteiger partial charge >= 0.3 is 5.97 Å². The highest BCUT2D eigenvalue weighted by molar-refractivity contribution is 9.10. The van der Waals surface area contributed by atoms with Gasteiger partial charge in [-0.15, -0.1) is 0 Å². The van der Waals surface area contributed by atoms with E-state index in [4.69, 9.17) is 5.73 Å². The monoisotopic (exact) mass is 245 g/mol. The van der Waals surface area contributed by atoms with Gasteiger partial charge in [-0.2, -0.15) is 0 Å². The molecule has 1 unspecified atom stereocenters. The van der Waals surface area contributed by atoms with Gasteiger partial charge in [0, 0.05) is 0 Å². The highest BCUT2D eigenvalue weighted by Gasteiger charge is 2.17. The molecular weight excluding hydrogens is 238 g/mol. The van der Waals surface area contributed by atoms with E-state index in [0.29, 0.717) is 10.3 Å². The first-order chi connectivity index (χ1) is 6.15. The number of nitrogens with zero attached hydrogens (tertiary/aromatic N) is 2. The average molecular weight is 246 g/mol. The lowest BCUT2D eigenvalue weighted by molar-refractivity contribution is -0.142. The zero-order valence-corrected chi connectivity index (χ0v) is 8.48. The van der Waals surface area contributed by atoms with Crippen LogP contribution in [0.15, 0.2) is 17.0 Å². The lowest BCUT2D eigenvalue weighted by atomic mass is 10.2. The number of hydrogen-bond donors (Lipinski definition) is 1. The summed E-state index contributed by atoms with van der Waals surface area (Å²) in [6.45, 7) is 0. The SMILES string of the molecule is COC(=O)C(N)c1cnc(Br)cn1. The van der Waals surface area contributed by atoms with Gasteiger partial charge in [0.15, 0.2) is 0 Å². The second-order valence-electron chi connectivity index (χ2n) is 2.26. The second-order valence-corrected chi connectivity index (χ2v) is 3.08. The van der Waals surface area contributed by atoms with Crippen LogP contribution in [0.5, 0.6) is 0 Å². The second kappa shape index (κ2) is 4.29. The Bertz CT molecular complexity index is 301. The standard InChI is InChI=1S/C7H8BrN3O2/c1-13-7(12)6(9)4-2-11-5(8)3-10-4/h2-3,6H,9H2,1H3. The molecule has 0 saturated heterocycles. The van der Waals surface area contributed by atoms with Crippen molar-refractivity contribution in [2.45, 2.75) is 6.04 Å². The highest BCUT2D eigenvalue weighted by atomic mass is 79.9. The summed E-state index contributed by atoms with van der Waals surface area (Å²) >= 11 is 3.12. The molecule has 1 rings (SSSR count). The Morgan fingerprint density at radius 1 is 1.62 bits per heavy atom. The number of hydrogen-bond acceptors (Lipinski definition) is 5. The van der Waals surface area contributed by atoms with E-state index in [0.717, 1.165) is 0 Å². The minimum atomic E-state index is -0.870. The van der Waals surface area contributed by atoms with Crippen LogP contribution < -0.4 is 5.73 Å². The molecule has 0 aliphatic rings. The van der Waals surface area contributed by atoms with Crippen molar-refractivity contribution >= 4 is 21.9 Å².